The van der Waals surface area contributed by atoms with Crippen molar-refractivity contribution >= 4 is 28.5 Å². The van der Waals surface area contributed by atoms with Crippen LogP contribution in [0, 0.1) is 17.8 Å². The number of rotatable bonds is 15. The van der Waals surface area contributed by atoms with Gasteiger partial charge < -0.3 is 26.2 Å². The normalized spacial score (nSPS) is 18.3. The van der Waals surface area contributed by atoms with Crippen molar-refractivity contribution in [2.45, 2.75) is 123 Å². The van der Waals surface area contributed by atoms with E-state index >= 15 is 0 Å². The number of carbonyl (C=O) groups is 3. The van der Waals surface area contributed by atoms with Crippen LogP contribution in [0.25, 0.3) is 10.8 Å². The van der Waals surface area contributed by atoms with Crippen molar-refractivity contribution in [3.8, 4) is 0 Å². The fraction of sp³-hybridized carbons (Fsp3) is 0.629. The van der Waals surface area contributed by atoms with E-state index in [2.05, 4.69) is 16.0 Å². The molecule has 0 aliphatic heterocycles. The zero-order chi connectivity index (χ0) is 31.5. The Morgan fingerprint density at radius 3 is 2.19 bits per heavy atom. The third-order valence-corrected chi connectivity index (χ3v) is 8.90. The standard InChI is InChI=1S/C35H53N3O5/c1-6-23(4)32(38-34(42)30(36-24(5)39)20-25-12-8-7-9-13-25)35(43)37-29(33(41)31(40)18-22(2)3)21-26-16-17-27-14-10-11-15-28(27)19-26/h10-11,14-17,19,22-23,25,29-33,40-41H,6-9,12-13,18,20-21H2,1-5H3,(H,36,39)(H,37,43)(H,38,42)/t23-,29-,30-,31-,32-,33+/m0/s1. The van der Waals surface area contributed by atoms with E-state index in [1.165, 1.54) is 13.3 Å². The lowest BCUT2D eigenvalue weighted by molar-refractivity contribution is -0.134. The number of hydrogen-bond donors (Lipinski definition) is 5. The lowest BCUT2D eigenvalue weighted by Gasteiger charge is -2.32. The third kappa shape index (κ3) is 10.6. The van der Waals surface area contributed by atoms with E-state index in [0.717, 1.165) is 42.0 Å². The molecule has 0 radical (unpaired) electrons. The number of nitrogens with one attached hydrogen (secondary N) is 3. The average Bonchev–Trinajstić information content (AvgIpc) is 2.98. The van der Waals surface area contributed by atoms with Crippen molar-refractivity contribution in [3.63, 3.8) is 0 Å². The van der Waals surface area contributed by atoms with E-state index in [9.17, 15) is 24.6 Å². The van der Waals surface area contributed by atoms with Crippen molar-refractivity contribution in [2.75, 3.05) is 0 Å². The Kier molecular flexibility index (Phi) is 13.5. The summed E-state index contributed by atoms with van der Waals surface area (Å²) in [6.07, 6.45) is 5.16. The van der Waals surface area contributed by atoms with Gasteiger partial charge in [0.15, 0.2) is 0 Å². The molecule has 1 aliphatic rings. The van der Waals surface area contributed by atoms with E-state index < -0.39 is 36.2 Å². The molecule has 3 rings (SSSR count). The van der Waals surface area contributed by atoms with Gasteiger partial charge in [-0.05, 0) is 53.4 Å². The van der Waals surface area contributed by atoms with Crippen LogP contribution < -0.4 is 16.0 Å². The topological polar surface area (TPSA) is 128 Å². The lowest BCUT2D eigenvalue weighted by Crippen LogP contribution is -2.59. The number of fused-ring (bicyclic) bond motifs is 1. The number of benzene rings is 2. The highest BCUT2D eigenvalue weighted by Gasteiger charge is 2.35. The van der Waals surface area contributed by atoms with Crippen molar-refractivity contribution in [1.29, 1.82) is 0 Å². The Labute approximate surface area is 257 Å². The average molecular weight is 596 g/mol. The van der Waals surface area contributed by atoms with Gasteiger partial charge in [-0.3, -0.25) is 14.4 Å². The van der Waals surface area contributed by atoms with E-state index in [0.29, 0.717) is 31.6 Å². The number of hydrogen-bond acceptors (Lipinski definition) is 5. The highest BCUT2D eigenvalue weighted by molar-refractivity contribution is 5.92. The summed E-state index contributed by atoms with van der Waals surface area (Å²) in [6.45, 7) is 9.21. The van der Waals surface area contributed by atoms with E-state index in [1.54, 1.807) is 0 Å². The molecule has 3 amide bonds. The molecule has 0 heterocycles. The molecule has 1 saturated carbocycles. The van der Waals surface area contributed by atoms with Crippen LogP contribution in [0.4, 0.5) is 0 Å². The van der Waals surface area contributed by atoms with Gasteiger partial charge in [0.05, 0.1) is 12.1 Å². The zero-order valence-corrected chi connectivity index (χ0v) is 26.6. The highest BCUT2D eigenvalue weighted by atomic mass is 16.3. The van der Waals surface area contributed by atoms with E-state index in [-0.39, 0.29) is 23.7 Å². The maximum Gasteiger partial charge on any atom is 0.243 e. The minimum absolute atomic E-state index is 0.156. The van der Waals surface area contributed by atoms with Gasteiger partial charge in [0, 0.05) is 6.92 Å². The van der Waals surface area contributed by atoms with E-state index in [4.69, 9.17) is 0 Å². The van der Waals surface area contributed by atoms with Crippen LogP contribution in [0.15, 0.2) is 42.5 Å². The van der Waals surface area contributed by atoms with E-state index in [1.807, 2.05) is 70.2 Å². The van der Waals surface area contributed by atoms with Crippen molar-refractivity contribution in [1.82, 2.24) is 16.0 Å². The Hall–Kier alpha value is -2.97. The molecule has 5 N–H and O–H groups in total. The molecular weight excluding hydrogens is 542 g/mol. The Morgan fingerprint density at radius 2 is 1.56 bits per heavy atom. The lowest BCUT2D eigenvalue weighted by atomic mass is 9.84. The summed E-state index contributed by atoms with van der Waals surface area (Å²) < 4.78 is 0. The molecule has 6 atom stereocenters. The maximum absolute atomic E-state index is 13.9. The second-order valence-corrected chi connectivity index (χ2v) is 13.1. The van der Waals surface area contributed by atoms with Crippen LogP contribution in [-0.2, 0) is 20.8 Å². The molecular formula is C35H53N3O5. The summed E-state index contributed by atoms with van der Waals surface area (Å²) >= 11 is 0. The number of carbonyl (C=O) groups excluding carboxylic acids is 3. The minimum atomic E-state index is -1.20. The largest absolute Gasteiger partial charge is 0.390 e. The van der Waals surface area contributed by atoms with Crippen LogP contribution in [0.2, 0.25) is 0 Å². The number of amides is 3. The maximum atomic E-state index is 13.9. The second-order valence-electron chi connectivity index (χ2n) is 13.1. The van der Waals surface area contributed by atoms with Crippen molar-refractivity contribution in [3.05, 3.63) is 48.0 Å². The van der Waals surface area contributed by atoms with Crippen molar-refractivity contribution in [2.24, 2.45) is 17.8 Å². The highest BCUT2D eigenvalue weighted by Crippen LogP contribution is 2.27. The Morgan fingerprint density at radius 1 is 0.884 bits per heavy atom. The second kappa shape index (κ2) is 16.8. The molecule has 0 spiro atoms. The van der Waals surface area contributed by atoms with Crippen molar-refractivity contribution < 1.29 is 24.6 Å². The first-order valence-electron chi connectivity index (χ1n) is 16.2. The van der Waals surface area contributed by atoms with Crippen LogP contribution in [0.1, 0.15) is 91.5 Å². The van der Waals surface area contributed by atoms with Crippen LogP contribution in [0.5, 0.6) is 0 Å². The van der Waals surface area contributed by atoms with Gasteiger partial charge in [0.1, 0.15) is 18.2 Å². The monoisotopic (exact) mass is 595 g/mol. The number of aliphatic hydroxyl groups excluding tert-OH is 2. The molecule has 0 aromatic heterocycles. The molecule has 2 aromatic rings. The molecule has 2 aromatic carbocycles. The van der Waals surface area contributed by atoms with Gasteiger partial charge in [-0.2, -0.15) is 0 Å². The first-order chi connectivity index (χ1) is 20.5. The molecule has 0 unspecified atom stereocenters. The molecule has 8 heteroatoms. The first kappa shape index (κ1) is 34.5. The molecule has 43 heavy (non-hydrogen) atoms. The molecule has 0 bridgehead atoms. The minimum Gasteiger partial charge on any atom is -0.390 e. The fourth-order valence-corrected chi connectivity index (χ4v) is 6.23. The van der Waals surface area contributed by atoms with Gasteiger partial charge >= 0.3 is 0 Å². The Bertz CT molecular complexity index is 1190. The summed E-state index contributed by atoms with van der Waals surface area (Å²) in [5.74, 6) is -0.745. The molecule has 8 nitrogen and oxygen atoms in total. The third-order valence-electron chi connectivity index (χ3n) is 8.90. The Balaban J connectivity index is 1.82. The SMILES string of the molecule is CC[C@H](C)[C@H](NC(=O)[C@H](CC1CCCCC1)NC(C)=O)C(=O)N[C@@H](Cc1ccc2ccccc2c1)[C@@H](O)[C@@H](O)CC(C)C. The van der Waals surface area contributed by atoms with Gasteiger partial charge in [-0.15, -0.1) is 0 Å². The quantitative estimate of drug-likeness (QED) is 0.205. The predicted molar refractivity (Wildman–Crippen MR) is 171 cm³/mol. The first-order valence-corrected chi connectivity index (χ1v) is 16.2. The fourth-order valence-electron chi connectivity index (χ4n) is 6.23. The van der Waals surface area contributed by atoms with Gasteiger partial charge in [-0.1, -0.05) is 109 Å². The summed E-state index contributed by atoms with van der Waals surface area (Å²) in [4.78, 5) is 39.4. The molecule has 0 saturated heterocycles. The molecule has 1 fully saturated rings. The van der Waals surface area contributed by atoms with Gasteiger partial charge in [-0.25, -0.2) is 0 Å². The summed E-state index contributed by atoms with van der Waals surface area (Å²) in [6, 6.07) is 11.6. The van der Waals surface area contributed by atoms with Crippen LogP contribution in [0.3, 0.4) is 0 Å². The van der Waals surface area contributed by atoms with Crippen LogP contribution >= 0.6 is 0 Å². The van der Waals surface area contributed by atoms with Gasteiger partial charge in [0.2, 0.25) is 17.7 Å². The molecule has 1 aliphatic carbocycles. The predicted octanol–water partition coefficient (Wildman–Crippen LogP) is 4.64. The van der Waals surface area contributed by atoms with Crippen LogP contribution in [-0.4, -0.2) is 58.3 Å². The van der Waals surface area contributed by atoms with Gasteiger partial charge in [0.25, 0.3) is 0 Å². The molecule has 238 valence electrons. The number of aliphatic hydroxyl groups is 2. The smallest absolute Gasteiger partial charge is 0.243 e. The summed E-state index contributed by atoms with van der Waals surface area (Å²) in [5.41, 5.74) is 0.919. The zero-order valence-electron chi connectivity index (χ0n) is 26.6. The summed E-state index contributed by atoms with van der Waals surface area (Å²) in [7, 11) is 0. The summed E-state index contributed by atoms with van der Waals surface area (Å²) in [5, 5.41) is 33.0.